The summed E-state index contributed by atoms with van der Waals surface area (Å²) in [4.78, 5) is 10.1. The van der Waals surface area contributed by atoms with E-state index in [1.807, 2.05) is 24.3 Å². The number of amidine groups is 2. The van der Waals surface area contributed by atoms with Crippen molar-refractivity contribution in [1.82, 2.24) is 5.32 Å². The predicted octanol–water partition coefficient (Wildman–Crippen LogP) is 12.8. The van der Waals surface area contributed by atoms with E-state index < -0.39 is 0 Å². The second kappa shape index (κ2) is 15.6. The molecule has 1 N–H and O–H groups in total. The molecule has 0 fully saturated rings. The molecule has 0 aromatic heterocycles. The molecule has 1 atom stereocenters. The van der Waals surface area contributed by atoms with Crippen LogP contribution in [0.5, 0.6) is 0 Å². The van der Waals surface area contributed by atoms with Crippen molar-refractivity contribution in [3.8, 4) is 55.6 Å². The van der Waals surface area contributed by atoms with Gasteiger partial charge in [-0.15, -0.1) is 0 Å². The molecule has 0 bridgehead atoms. The van der Waals surface area contributed by atoms with Crippen molar-refractivity contribution >= 4 is 11.7 Å². The largest absolute Gasteiger partial charge is 0.344 e. The lowest BCUT2D eigenvalue weighted by Gasteiger charge is -2.24. The first-order valence-corrected chi connectivity index (χ1v) is 18.2. The van der Waals surface area contributed by atoms with Gasteiger partial charge in [0.25, 0.3) is 0 Å². The molecule has 7 aromatic carbocycles. The second-order valence-corrected chi connectivity index (χ2v) is 13.2. The van der Waals surface area contributed by atoms with Crippen LogP contribution in [0.2, 0.25) is 0 Å². The molecule has 3 nitrogen and oxygen atoms in total. The van der Waals surface area contributed by atoms with Gasteiger partial charge in [0.15, 0.2) is 5.84 Å². The molecular weight excluding hydrogens is 655 g/mol. The number of nitrogens with one attached hydrogen (secondary N) is 1. The normalized spacial score (nSPS) is 14.0. The lowest BCUT2D eigenvalue weighted by molar-refractivity contribution is 0.674. The summed E-state index contributed by atoms with van der Waals surface area (Å²) >= 11 is 0. The quantitative estimate of drug-likeness (QED) is 0.142. The molecule has 1 aliphatic heterocycles. The molecular formula is C51H39N3. The van der Waals surface area contributed by atoms with Crippen LogP contribution in [0, 0.1) is 0 Å². The first-order chi connectivity index (χ1) is 26.6. The summed E-state index contributed by atoms with van der Waals surface area (Å²) in [5.41, 5.74) is 14.4. The van der Waals surface area contributed by atoms with Crippen LogP contribution in [0.1, 0.15) is 17.3 Å². The Morgan fingerprint density at radius 1 is 0.444 bits per heavy atom. The number of hydrogen-bond acceptors (Lipinski definition) is 3. The van der Waals surface area contributed by atoms with Gasteiger partial charge in [0.2, 0.25) is 0 Å². The molecule has 7 aromatic rings. The van der Waals surface area contributed by atoms with Gasteiger partial charge in [0.1, 0.15) is 12.0 Å². The van der Waals surface area contributed by atoms with Crippen molar-refractivity contribution in [2.24, 2.45) is 9.98 Å². The lowest BCUT2D eigenvalue weighted by Crippen LogP contribution is -2.33. The van der Waals surface area contributed by atoms with Crippen LogP contribution in [0.15, 0.2) is 229 Å². The van der Waals surface area contributed by atoms with E-state index in [4.69, 9.17) is 9.98 Å². The van der Waals surface area contributed by atoms with E-state index >= 15 is 0 Å². The minimum Gasteiger partial charge on any atom is -0.344 e. The van der Waals surface area contributed by atoms with Crippen LogP contribution in [0.4, 0.5) is 0 Å². The van der Waals surface area contributed by atoms with E-state index in [2.05, 4.69) is 182 Å². The van der Waals surface area contributed by atoms with Crippen LogP contribution < -0.4 is 5.32 Å². The molecule has 0 saturated carbocycles. The average Bonchev–Trinajstić information content (AvgIpc) is 3.26. The predicted molar refractivity (Wildman–Crippen MR) is 228 cm³/mol. The highest BCUT2D eigenvalue weighted by Gasteiger charge is 2.21. The Labute approximate surface area is 317 Å². The van der Waals surface area contributed by atoms with Gasteiger partial charge in [-0.05, 0) is 85.5 Å². The molecule has 0 unspecified atom stereocenters. The zero-order valence-electron chi connectivity index (χ0n) is 29.9. The maximum absolute atomic E-state index is 5.11. The van der Waals surface area contributed by atoms with E-state index in [1.54, 1.807) is 12.2 Å². The maximum atomic E-state index is 5.11. The minimum atomic E-state index is -0.307. The molecule has 0 aliphatic carbocycles. The fraction of sp³-hybridized carbons (Fsp3) is 0.0196. The van der Waals surface area contributed by atoms with Gasteiger partial charge in [-0.25, -0.2) is 9.98 Å². The van der Waals surface area contributed by atoms with Crippen molar-refractivity contribution in [3.63, 3.8) is 0 Å². The Balaban J connectivity index is 1.22. The van der Waals surface area contributed by atoms with Crippen LogP contribution in [0.25, 0.3) is 55.6 Å². The Morgan fingerprint density at radius 3 is 1.35 bits per heavy atom. The maximum Gasteiger partial charge on any atom is 0.159 e. The zero-order valence-corrected chi connectivity index (χ0v) is 29.9. The zero-order chi connectivity index (χ0) is 36.7. The molecule has 258 valence electrons. The van der Waals surface area contributed by atoms with Gasteiger partial charge < -0.3 is 5.32 Å². The molecule has 8 rings (SSSR count). The van der Waals surface area contributed by atoms with Crippen LogP contribution in [-0.4, -0.2) is 11.7 Å². The number of benzene rings is 7. The summed E-state index contributed by atoms with van der Waals surface area (Å²) in [6, 6.07) is 64.3. The van der Waals surface area contributed by atoms with Crippen LogP contribution in [-0.2, 0) is 0 Å². The number of allylic oxidation sites excluding steroid dienone is 2. The number of hydrogen-bond donors (Lipinski definition) is 1. The Kier molecular flexibility index (Phi) is 9.86. The van der Waals surface area contributed by atoms with Crippen LogP contribution >= 0.6 is 0 Å². The molecule has 1 heterocycles. The smallest absolute Gasteiger partial charge is 0.159 e. The molecule has 3 heteroatoms. The Hall–Kier alpha value is -7.10. The van der Waals surface area contributed by atoms with Gasteiger partial charge in [0.05, 0.1) is 0 Å². The van der Waals surface area contributed by atoms with Crippen molar-refractivity contribution in [2.75, 3.05) is 0 Å². The van der Waals surface area contributed by atoms with E-state index in [9.17, 15) is 0 Å². The van der Waals surface area contributed by atoms with Gasteiger partial charge in [-0.3, -0.25) is 0 Å². The van der Waals surface area contributed by atoms with Gasteiger partial charge >= 0.3 is 0 Å². The third-order valence-corrected chi connectivity index (χ3v) is 9.69. The second-order valence-electron chi connectivity index (χ2n) is 13.2. The molecule has 0 spiro atoms. The summed E-state index contributed by atoms with van der Waals surface area (Å²) in [6.45, 7) is 7.93. The van der Waals surface area contributed by atoms with Gasteiger partial charge in [0, 0.05) is 11.1 Å². The van der Waals surface area contributed by atoms with E-state index in [0.717, 1.165) is 50.1 Å². The minimum absolute atomic E-state index is 0.307. The van der Waals surface area contributed by atoms with Crippen molar-refractivity contribution in [2.45, 2.75) is 6.17 Å². The van der Waals surface area contributed by atoms with Crippen molar-refractivity contribution in [1.29, 1.82) is 0 Å². The standard InChI is InChI=1S/C51H39N3/c1-3-15-36(4-2)49-52-50(43-20-12-7-13-21-43)54-51(53-49)45-23-14-22-44(32-45)48-34-46(41-28-24-39(25-29-41)37-16-8-5-9-17-37)33-47(35-48)42-30-26-40(27-31-42)38-18-10-6-11-19-38/h3-35,50H,1-2H2,(H,52,53,54)/b36-15+/t50-/m1/s1. The number of rotatable bonds is 10. The molecule has 0 radical (unpaired) electrons. The molecule has 0 saturated heterocycles. The highest BCUT2D eigenvalue weighted by atomic mass is 15.2. The fourth-order valence-electron chi connectivity index (χ4n) is 6.84. The first-order valence-electron chi connectivity index (χ1n) is 18.2. The SMILES string of the molecule is C=C/C=C(\C=C)C1=NC(c2cccc(-c3cc(-c4ccc(-c5ccccc5)cc4)cc(-c4ccc(-c5ccccc5)cc4)c3)c2)=N[C@H](c2ccccc2)N1. The Bertz CT molecular complexity index is 2410. The van der Waals surface area contributed by atoms with Gasteiger partial charge in [-0.2, -0.15) is 0 Å². The average molecular weight is 694 g/mol. The topological polar surface area (TPSA) is 36.8 Å². The molecule has 1 aliphatic rings. The summed E-state index contributed by atoms with van der Waals surface area (Å²) < 4.78 is 0. The van der Waals surface area contributed by atoms with Crippen molar-refractivity contribution < 1.29 is 0 Å². The third kappa shape index (κ3) is 7.43. The highest BCUT2D eigenvalue weighted by Crippen LogP contribution is 2.35. The summed E-state index contributed by atoms with van der Waals surface area (Å²) in [5, 5.41) is 3.51. The van der Waals surface area contributed by atoms with E-state index in [1.165, 1.54) is 22.3 Å². The lowest BCUT2D eigenvalue weighted by atomic mass is 9.91. The monoisotopic (exact) mass is 693 g/mol. The summed E-state index contributed by atoms with van der Waals surface area (Å²) in [5.74, 6) is 1.36. The summed E-state index contributed by atoms with van der Waals surface area (Å²) in [7, 11) is 0. The molecule has 0 amide bonds. The first kappa shape index (κ1) is 34.0. The van der Waals surface area contributed by atoms with E-state index in [0.29, 0.717) is 11.7 Å². The van der Waals surface area contributed by atoms with E-state index in [-0.39, 0.29) is 6.17 Å². The summed E-state index contributed by atoms with van der Waals surface area (Å²) in [6.07, 6.45) is 5.14. The van der Waals surface area contributed by atoms with Crippen molar-refractivity contribution in [3.05, 3.63) is 230 Å². The number of aliphatic imine (C=N–C) groups is 2. The fourth-order valence-corrected chi connectivity index (χ4v) is 6.84. The van der Waals surface area contributed by atoms with Crippen LogP contribution in [0.3, 0.4) is 0 Å². The third-order valence-electron chi connectivity index (χ3n) is 9.69. The molecule has 54 heavy (non-hydrogen) atoms. The highest BCUT2D eigenvalue weighted by molar-refractivity contribution is 6.14. The number of nitrogens with zero attached hydrogens (tertiary/aromatic N) is 2. The Morgan fingerprint density at radius 2 is 0.852 bits per heavy atom. The van der Waals surface area contributed by atoms with Gasteiger partial charge in [-0.1, -0.05) is 189 Å².